The van der Waals surface area contributed by atoms with Gasteiger partial charge in [-0.05, 0) is 37.0 Å². The molecule has 128 valence electrons. The maximum absolute atomic E-state index is 13.2. The van der Waals surface area contributed by atoms with E-state index in [2.05, 4.69) is 4.98 Å². The number of benzene rings is 1. The van der Waals surface area contributed by atoms with Crippen molar-refractivity contribution in [2.45, 2.75) is 30.7 Å². The van der Waals surface area contributed by atoms with Crippen LogP contribution in [0, 0.1) is 5.92 Å². The Morgan fingerprint density at radius 2 is 2.17 bits per heavy atom. The summed E-state index contributed by atoms with van der Waals surface area (Å²) in [5, 5.41) is 10.4. The number of hydrogen-bond donors (Lipinski definition) is 1. The topological polar surface area (TPSA) is 87.6 Å². The Balaban J connectivity index is 2.19. The highest BCUT2D eigenvalue weighted by molar-refractivity contribution is 7.89. The lowest BCUT2D eigenvalue weighted by Crippen LogP contribution is -2.51. The maximum atomic E-state index is 13.2. The molecule has 3 rings (SSSR count). The smallest absolute Gasteiger partial charge is 0.322 e. The predicted octanol–water partition coefficient (Wildman–Crippen LogP) is 2.76. The lowest BCUT2D eigenvalue weighted by Gasteiger charge is -2.36. The molecule has 0 saturated carbocycles. The molecule has 1 aromatic carbocycles. The molecule has 1 N–H and O–H groups in total. The first-order valence-electron chi connectivity index (χ1n) is 7.61. The van der Waals surface area contributed by atoms with Gasteiger partial charge in [0, 0.05) is 23.2 Å². The molecule has 2 aromatic rings. The number of piperidine rings is 1. The average Bonchev–Trinajstić information content (AvgIpc) is 2.53. The second-order valence-electron chi connectivity index (χ2n) is 6.00. The zero-order chi connectivity index (χ0) is 17.5. The minimum atomic E-state index is -4.03. The number of nitrogens with zero attached hydrogens (tertiary/aromatic N) is 2. The van der Waals surface area contributed by atoms with E-state index in [0.717, 1.165) is 4.31 Å². The number of rotatable bonds is 3. The van der Waals surface area contributed by atoms with Crippen LogP contribution in [0.1, 0.15) is 19.8 Å². The SMILES string of the molecule is CC1CCCN(S(=O)(=O)c2cc(Cl)cc3cccnc23)C1C(=O)O. The third kappa shape index (κ3) is 2.87. The fraction of sp³-hybridized carbons (Fsp3) is 0.375. The molecule has 0 aliphatic carbocycles. The monoisotopic (exact) mass is 368 g/mol. The lowest BCUT2D eigenvalue weighted by atomic mass is 9.93. The summed E-state index contributed by atoms with van der Waals surface area (Å²) in [5.41, 5.74) is 0.296. The number of aliphatic carboxylic acids is 1. The van der Waals surface area contributed by atoms with Crippen molar-refractivity contribution in [3.63, 3.8) is 0 Å². The minimum Gasteiger partial charge on any atom is -0.480 e. The first-order chi connectivity index (χ1) is 11.3. The van der Waals surface area contributed by atoms with Crippen LogP contribution in [-0.4, -0.2) is 41.4 Å². The Labute approximate surface area is 145 Å². The van der Waals surface area contributed by atoms with Gasteiger partial charge in [0.15, 0.2) is 0 Å². The van der Waals surface area contributed by atoms with Crippen LogP contribution in [-0.2, 0) is 14.8 Å². The van der Waals surface area contributed by atoms with Crippen LogP contribution < -0.4 is 0 Å². The van der Waals surface area contributed by atoms with Crippen molar-refractivity contribution in [2.24, 2.45) is 5.92 Å². The van der Waals surface area contributed by atoms with E-state index in [9.17, 15) is 18.3 Å². The molecule has 0 spiro atoms. The van der Waals surface area contributed by atoms with Crippen molar-refractivity contribution in [3.8, 4) is 0 Å². The number of pyridine rings is 1. The molecule has 0 radical (unpaired) electrons. The van der Waals surface area contributed by atoms with Crippen molar-refractivity contribution >= 4 is 38.5 Å². The molecule has 0 bridgehead atoms. The molecule has 0 amide bonds. The number of sulfonamides is 1. The zero-order valence-electron chi connectivity index (χ0n) is 13.0. The van der Waals surface area contributed by atoms with E-state index in [1.54, 1.807) is 25.1 Å². The molecule has 2 unspecified atom stereocenters. The Morgan fingerprint density at radius 3 is 2.88 bits per heavy atom. The molecule has 1 aromatic heterocycles. The number of carbonyl (C=O) groups is 1. The van der Waals surface area contributed by atoms with E-state index in [4.69, 9.17) is 11.6 Å². The van der Waals surface area contributed by atoms with Crippen molar-refractivity contribution in [3.05, 3.63) is 35.5 Å². The largest absolute Gasteiger partial charge is 0.480 e. The molecule has 1 fully saturated rings. The third-order valence-electron chi connectivity index (χ3n) is 4.36. The Hall–Kier alpha value is -1.70. The van der Waals surface area contributed by atoms with Crippen LogP contribution in [0.5, 0.6) is 0 Å². The Bertz CT molecular complexity index is 900. The molecule has 8 heteroatoms. The number of aromatic nitrogens is 1. The van der Waals surface area contributed by atoms with Crippen molar-refractivity contribution in [2.75, 3.05) is 6.54 Å². The molecule has 1 saturated heterocycles. The summed E-state index contributed by atoms with van der Waals surface area (Å²) in [6.45, 7) is 1.93. The van der Waals surface area contributed by atoms with Crippen LogP contribution in [0.25, 0.3) is 10.9 Å². The summed E-state index contributed by atoms with van der Waals surface area (Å²) < 4.78 is 27.4. The first kappa shape index (κ1) is 17.1. The quantitative estimate of drug-likeness (QED) is 0.900. The van der Waals surface area contributed by atoms with E-state index in [0.29, 0.717) is 23.7 Å². The highest BCUT2D eigenvalue weighted by Crippen LogP contribution is 2.33. The molecule has 24 heavy (non-hydrogen) atoms. The van der Waals surface area contributed by atoms with Gasteiger partial charge < -0.3 is 5.11 Å². The van der Waals surface area contributed by atoms with Crippen LogP contribution in [0.2, 0.25) is 5.02 Å². The van der Waals surface area contributed by atoms with Crippen molar-refractivity contribution in [1.29, 1.82) is 0 Å². The molecule has 6 nitrogen and oxygen atoms in total. The van der Waals surface area contributed by atoms with Crippen LogP contribution in [0.4, 0.5) is 0 Å². The highest BCUT2D eigenvalue weighted by atomic mass is 35.5. The summed E-state index contributed by atoms with van der Waals surface area (Å²) in [6.07, 6.45) is 2.80. The molecule has 1 aliphatic rings. The standard InChI is InChI=1S/C16H17ClN2O4S/c1-10-4-3-7-19(15(10)16(20)21)24(22,23)13-9-12(17)8-11-5-2-6-18-14(11)13/h2,5-6,8-10,15H,3-4,7H2,1H3,(H,20,21). The second-order valence-corrected chi connectivity index (χ2v) is 8.29. The summed E-state index contributed by atoms with van der Waals surface area (Å²) in [6, 6.07) is 5.31. The predicted molar refractivity (Wildman–Crippen MR) is 90.5 cm³/mol. The summed E-state index contributed by atoms with van der Waals surface area (Å²) >= 11 is 6.07. The molecule has 2 heterocycles. The average molecular weight is 369 g/mol. The summed E-state index contributed by atoms with van der Waals surface area (Å²) in [5.74, 6) is -1.39. The van der Waals surface area contributed by atoms with Gasteiger partial charge in [0.05, 0.1) is 5.52 Å². The van der Waals surface area contributed by atoms with E-state index in [-0.39, 0.29) is 22.4 Å². The van der Waals surface area contributed by atoms with Gasteiger partial charge in [-0.25, -0.2) is 8.42 Å². The maximum Gasteiger partial charge on any atom is 0.322 e. The van der Waals surface area contributed by atoms with Gasteiger partial charge >= 0.3 is 5.97 Å². The van der Waals surface area contributed by atoms with Crippen molar-refractivity contribution < 1.29 is 18.3 Å². The van der Waals surface area contributed by atoms with Crippen LogP contribution >= 0.6 is 11.6 Å². The van der Waals surface area contributed by atoms with Gasteiger partial charge in [0.25, 0.3) is 0 Å². The first-order valence-corrected chi connectivity index (χ1v) is 9.43. The molecule has 1 aliphatic heterocycles. The highest BCUT2D eigenvalue weighted by Gasteiger charge is 2.42. The third-order valence-corrected chi connectivity index (χ3v) is 6.47. The number of fused-ring (bicyclic) bond motifs is 1. The van der Waals surface area contributed by atoms with E-state index >= 15 is 0 Å². The molecular weight excluding hydrogens is 352 g/mol. The second kappa shape index (κ2) is 6.31. The fourth-order valence-electron chi connectivity index (χ4n) is 3.23. The number of carboxylic acids is 1. The summed E-state index contributed by atoms with van der Waals surface area (Å²) in [7, 11) is -4.03. The lowest BCUT2D eigenvalue weighted by molar-refractivity contribution is -0.144. The number of carboxylic acid groups (broad SMARTS) is 1. The van der Waals surface area contributed by atoms with Gasteiger partial charge in [-0.15, -0.1) is 0 Å². The number of hydrogen-bond acceptors (Lipinski definition) is 4. The minimum absolute atomic E-state index is 0.0500. The Kier molecular flexibility index (Phi) is 4.50. The van der Waals surface area contributed by atoms with Crippen LogP contribution in [0.15, 0.2) is 35.4 Å². The molecule has 2 atom stereocenters. The van der Waals surface area contributed by atoms with Gasteiger partial charge in [-0.1, -0.05) is 24.6 Å². The fourth-order valence-corrected chi connectivity index (χ4v) is 5.43. The van der Waals surface area contributed by atoms with Gasteiger partial charge in [-0.2, -0.15) is 4.31 Å². The zero-order valence-corrected chi connectivity index (χ0v) is 14.6. The molecular formula is C16H17ClN2O4S. The van der Waals surface area contributed by atoms with Crippen molar-refractivity contribution in [1.82, 2.24) is 9.29 Å². The van der Waals surface area contributed by atoms with Crippen LogP contribution in [0.3, 0.4) is 0 Å². The Morgan fingerprint density at radius 1 is 1.42 bits per heavy atom. The van der Waals surface area contributed by atoms with E-state index in [1.807, 2.05) is 0 Å². The van der Waals surface area contributed by atoms with Gasteiger partial charge in [0.1, 0.15) is 10.9 Å². The van der Waals surface area contributed by atoms with E-state index < -0.39 is 22.0 Å². The van der Waals surface area contributed by atoms with Gasteiger partial charge in [-0.3, -0.25) is 9.78 Å². The summed E-state index contributed by atoms with van der Waals surface area (Å²) in [4.78, 5) is 15.7. The number of halogens is 1. The normalized spacial score (nSPS) is 22.6. The van der Waals surface area contributed by atoms with Gasteiger partial charge in [0.2, 0.25) is 10.0 Å². The van der Waals surface area contributed by atoms with E-state index in [1.165, 1.54) is 12.3 Å².